The zero-order valence-corrected chi connectivity index (χ0v) is 16.3. The van der Waals surface area contributed by atoms with Crippen molar-refractivity contribution in [1.29, 1.82) is 0 Å². The van der Waals surface area contributed by atoms with E-state index in [-0.39, 0.29) is 4.90 Å². The van der Waals surface area contributed by atoms with Crippen LogP contribution in [0.25, 0.3) is 10.4 Å². The number of nitrogens with one attached hydrogen (secondary N) is 1. The summed E-state index contributed by atoms with van der Waals surface area (Å²) in [5, 5.41) is 8.35. The third-order valence-electron chi connectivity index (χ3n) is 4.03. The zero-order chi connectivity index (χ0) is 18.2. The Hall–Kier alpha value is -1.97. The van der Waals surface area contributed by atoms with Gasteiger partial charge in [0.1, 0.15) is 4.90 Å². The number of aromatic nitrogens is 4. The smallest absolute Gasteiger partial charge is 0.244 e. The second-order valence-electron chi connectivity index (χ2n) is 5.94. The van der Waals surface area contributed by atoms with Gasteiger partial charge in [-0.3, -0.25) is 9.36 Å². The lowest BCUT2D eigenvalue weighted by atomic mass is 10.3. The Bertz CT molecular complexity index is 998. The lowest BCUT2D eigenvalue weighted by molar-refractivity contribution is 0.580. The predicted molar refractivity (Wildman–Crippen MR) is 98.1 cm³/mol. The van der Waals surface area contributed by atoms with Gasteiger partial charge in [-0.1, -0.05) is 0 Å². The van der Waals surface area contributed by atoms with Crippen molar-refractivity contribution >= 4 is 21.4 Å². The molecule has 0 unspecified atom stereocenters. The van der Waals surface area contributed by atoms with E-state index in [9.17, 15) is 8.42 Å². The van der Waals surface area contributed by atoms with Crippen molar-refractivity contribution < 1.29 is 8.42 Å². The number of aryl methyl sites for hydroxylation is 3. The van der Waals surface area contributed by atoms with E-state index in [1.54, 1.807) is 41.6 Å². The third-order valence-corrected chi connectivity index (χ3v) is 6.93. The van der Waals surface area contributed by atoms with Crippen LogP contribution in [0.5, 0.6) is 0 Å². The first-order valence-corrected chi connectivity index (χ1v) is 10.2. The molecule has 0 fully saturated rings. The molecule has 7 nitrogen and oxygen atoms in total. The summed E-state index contributed by atoms with van der Waals surface area (Å²) in [4.78, 5) is 2.53. The molecule has 0 atom stereocenters. The Labute approximate surface area is 151 Å². The molecule has 9 heteroatoms. The Kier molecular flexibility index (Phi) is 4.81. The number of thiophene rings is 1. The average molecular weight is 380 g/mol. The first-order valence-electron chi connectivity index (χ1n) is 7.85. The molecule has 25 heavy (non-hydrogen) atoms. The quantitative estimate of drug-likeness (QED) is 0.710. The molecule has 0 aromatic carbocycles. The van der Waals surface area contributed by atoms with Crippen LogP contribution >= 0.6 is 11.3 Å². The van der Waals surface area contributed by atoms with Crippen LogP contribution in [-0.4, -0.2) is 34.5 Å². The minimum Gasteiger partial charge on any atom is -0.275 e. The summed E-state index contributed by atoms with van der Waals surface area (Å²) < 4.78 is 31.1. The highest BCUT2D eigenvalue weighted by molar-refractivity contribution is 7.89. The predicted octanol–water partition coefficient (Wildman–Crippen LogP) is 2.02. The molecule has 0 aliphatic heterocycles. The van der Waals surface area contributed by atoms with E-state index in [1.165, 1.54) is 0 Å². The van der Waals surface area contributed by atoms with Gasteiger partial charge in [0.05, 0.1) is 17.6 Å². The SMILES string of the molecule is Cc1nn(C)c(C)c1S(=O)(=O)NCCc1ccc(-c2cnn(C)c2)s1. The van der Waals surface area contributed by atoms with Crippen LogP contribution in [-0.2, 0) is 30.5 Å². The maximum atomic E-state index is 12.5. The first-order chi connectivity index (χ1) is 11.8. The maximum absolute atomic E-state index is 12.5. The van der Waals surface area contributed by atoms with Crippen molar-refractivity contribution in [2.75, 3.05) is 6.54 Å². The topological polar surface area (TPSA) is 81.8 Å². The number of rotatable bonds is 6. The van der Waals surface area contributed by atoms with Crippen molar-refractivity contribution in [2.45, 2.75) is 25.2 Å². The molecular formula is C16H21N5O2S2. The van der Waals surface area contributed by atoms with E-state index in [0.29, 0.717) is 24.4 Å². The monoisotopic (exact) mass is 379 g/mol. The molecule has 134 valence electrons. The van der Waals surface area contributed by atoms with Gasteiger partial charge in [-0.05, 0) is 32.4 Å². The minimum atomic E-state index is -3.55. The van der Waals surface area contributed by atoms with Crippen LogP contribution in [0.1, 0.15) is 16.3 Å². The van der Waals surface area contributed by atoms with Crippen molar-refractivity contribution in [1.82, 2.24) is 24.3 Å². The number of hydrogen-bond acceptors (Lipinski definition) is 5. The fourth-order valence-corrected chi connectivity index (χ4v) is 5.19. The molecule has 3 aromatic heterocycles. The third kappa shape index (κ3) is 3.68. The highest BCUT2D eigenvalue weighted by Gasteiger charge is 2.23. The Morgan fingerprint density at radius 2 is 2.00 bits per heavy atom. The van der Waals surface area contributed by atoms with Crippen LogP contribution in [0, 0.1) is 13.8 Å². The lowest BCUT2D eigenvalue weighted by Gasteiger charge is -2.06. The van der Waals surface area contributed by atoms with Crippen LogP contribution in [0.2, 0.25) is 0 Å². The largest absolute Gasteiger partial charge is 0.275 e. The Morgan fingerprint density at radius 3 is 2.60 bits per heavy atom. The summed E-state index contributed by atoms with van der Waals surface area (Å²) in [5.41, 5.74) is 2.23. The second-order valence-corrected chi connectivity index (χ2v) is 8.81. The van der Waals surface area contributed by atoms with Crippen LogP contribution in [0.15, 0.2) is 29.4 Å². The molecular weight excluding hydrogens is 358 g/mol. The minimum absolute atomic E-state index is 0.275. The highest BCUT2D eigenvalue weighted by atomic mass is 32.2. The zero-order valence-electron chi connectivity index (χ0n) is 14.6. The molecule has 3 rings (SSSR count). The fourth-order valence-electron chi connectivity index (χ4n) is 2.74. The fraction of sp³-hybridized carbons (Fsp3) is 0.375. The van der Waals surface area contributed by atoms with Gasteiger partial charge < -0.3 is 0 Å². The summed E-state index contributed by atoms with van der Waals surface area (Å²) in [6.07, 6.45) is 4.43. The summed E-state index contributed by atoms with van der Waals surface area (Å²) in [5.74, 6) is 0. The first kappa shape index (κ1) is 17.8. The van der Waals surface area contributed by atoms with Gasteiger partial charge in [-0.25, -0.2) is 13.1 Å². The standard InChI is InChI=1S/C16H21N5O2S2/c1-11-16(12(2)21(4)19-11)25(22,23)18-8-7-14-5-6-15(24-14)13-9-17-20(3)10-13/h5-6,9-10,18H,7-8H2,1-4H3. The second kappa shape index (κ2) is 6.74. The van der Waals surface area contributed by atoms with E-state index in [4.69, 9.17) is 0 Å². The molecule has 0 amide bonds. The van der Waals surface area contributed by atoms with Crippen LogP contribution < -0.4 is 4.72 Å². The molecule has 0 saturated carbocycles. The Balaban J connectivity index is 1.66. The lowest BCUT2D eigenvalue weighted by Crippen LogP contribution is -2.26. The van der Waals surface area contributed by atoms with Gasteiger partial charge >= 0.3 is 0 Å². The molecule has 0 aliphatic rings. The van der Waals surface area contributed by atoms with Crippen molar-refractivity contribution in [3.05, 3.63) is 40.8 Å². The molecule has 0 saturated heterocycles. The molecule has 3 heterocycles. The van der Waals surface area contributed by atoms with E-state index in [0.717, 1.165) is 15.3 Å². The van der Waals surface area contributed by atoms with Crippen LogP contribution in [0.3, 0.4) is 0 Å². The van der Waals surface area contributed by atoms with E-state index in [2.05, 4.69) is 14.9 Å². The van der Waals surface area contributed by atoms with Gasteiger partial charge in [0.15, 0.2) is 0 Å². The molecule has 1 N–H and O–H groups in total. The van der Waals surface area contributed by atoms with Gasteiger partial charge in [-0.2, -0.15) is 10.2 Å². The Morgan fingerprint density at radius 1 is 1.24 bits per heavy atom. The molecule has 3 aromatic rings. The molecule has 0 bridgehead atoms. The van der Waals surface area contributed by atoms with Crippen molar-refractivity contribution in [2.24, 2.45) is 14.1 Å². The number of hydrogen-bond donors (Lipinski definition) is 1. The molecule has 0 aliphatic carbocycles. The van der Waals surface area contributed by atoms with Crippen molar-refractivity contribution in [3.8, 4) is 10.4 Å². The van der Waals surface area contributed by atoms with Gasteiger partial charge in [-0.15, -0.1) is 11.3 Å². The average Bonchev–Trinajstić information content (AvgIpc) is 3.20. The normalized spacial score (nSPS) is 12.0. The van der Waals surface area contributed by atoms with Gasteiger partial charge in [0, 0.05) is 42.2 Å². The number of sulfonamides is 1. The van der Waals surface area contributed by atoms with Crippen molar-refractivity contribution in [3.63, 3.8) is 0 Å². The maximum Gasteiger partial charge on any atom is 0.244 e. The van der Waals surface area contributed by atoms with E-state index in [1.807, 2.05) is 31.6 Å². The van der Waals surface area contributed by atoms with E-state index >= 15 is 0 Å². The van der Waals surface area contributed by atoms with E-state index < -0.39 is 10.0 Å². The van der Waals surface area contributed by atoms with Gasteiger partial charge in [0.2, 0.25) is 10.0 Å². The summed E-state index contributed by atoms with van der Waals surface area (Å²) >= 11 is 1.65. The molecule has 0 spiro atoms. The summed E-state index contributed by atoms with van der Waals surface area (Å²) in [7, 11) is 0.0722. The van der Waals surface area contributed by atoms with Gasteiger partial charge in [0.25, 0.3) is 0 Å². The molecule has 0 radical (unpaired) electrons. The van der Waals surface area contributed by atoms with Crippen LogP contribution in [0.4, 0.5) is 0 Å². The highest BCUT2D eigenvalue weighted by Crippen LogP contribution is 2.27. The summed E-state index contributed by atoms with van der Waals surface area (Å²) in [6.45, 7) is 3.82. The summed E-state index contributed by atoms with van der Waals surface area (Å²) in [6, 6.07) is 4.07. The number of nitrogens with zero attached hydrogens (tertiary/aromatic N) is 4.